The minimum atomic E-state index is -0.0784. The number of rotatable bonds is 7. The standard InChI is InChI=1S/C14H22N2O/c1-2-3-4-8-11-15-14(17)16-12-13-9-6-5-7-10-13/h5-7,9-10H,2-4,8,11-12H2,1H3,(H2,15,16,17). The highest BCUT2D eigenvalue weighted by molar-refractivity contribution is 5.73. The SMILES string of the molecule is CCCCCCNC(=O)NCc1ccccc1. The summed E-state index contributed by atoms with van der Waals surface area (Å²) in [6.45, 7) is 3.53. The van der Waals surface area contributed by atoms with Crippen LogP contribution >= 0.6 is 0 Å². The maximum absolute atomic E-state index is 11.4. The lowest BCUT2D eigenvalue weighted by Crippen LogP contribution is -2.35. The number of benzene rings is 1. The summed E-state index contributed by atoms with van der Waals surface area (Å²) in [5.74, 6) is 0. The first-order chi connectivity index (χ1) is 8.33. The zero-order valence-electron chi connectivity index (χ0n) is 10.5. The number of unbranched alkanes of at least 4 members (excludes halogenated alkanes) is 3. The molecule has 1 aromatic rings. The van der Waals surface area contributed by atoms with Crippen LogP contribution in [0.3, 0.4) is 0 Å². The number of carbonyl (C=O) groups excluding carboxylic acids is 1. The smallest absolute Gasteiger partial charge is 0.315 e. The molecular formula is C14H22N2O. The highest BCUT2D eigenvalue weighted by atomic mass is 16.2. The summed E-state index contributed by atoms with van der Waals surface area (Å²) in [6, 6.07) is 9.84. The van der Waals surface area contributed by atoms with Crippen molar-refractivity contribution in [1.29, 1.82) is 0 Å². The van der Waals surface area contributed by atoms with Gasteiger partial charge < -0.3 is 10.6 Å². The molecule has 0 spiro atoms. The number of amides is 2. The molecule has 2 N–H and O–H groups in total. The molecule has 0 aromatic heterocycles. The average molecular weight is 234 g/mol. The molecule has 0 heterocycles. The number of hydrogen-bond donors (Lipinski definition) is 2. The van der Waals surface area contributed by atoms with Crippen molar-refractivity contribution in [2.24, 2.45) is 0 Å². The molecule has 0 aliphatic rings. The number of carbonyl (C=O) groups is 1. The van der Waals surface area contributed by atoms with Gasteiger partial charge >= 0.3 is 6.03 Å². The van der Waals surface area contributed by atoms with Crippen LogP contribution in [-0.2, 0) is 6.54 Å². The Morgan fingerprint density at radius 2 is 1.82 bits per heavy atom. The maximum Gasteiger partial charge on any atom is 0.315 e. The van der Waals surface area contributed by atoms with E-state index in [9.17, 15) is 4.79 Å². The Balaban J connectivity index is 2.05. The van der Waals surface area contributed by atoms with Gasteiger partial charge in [-0.3, -0.25) is 0 Å². The predicted octanol–water partition coefficient (Wildman–Crippen LogP) is 3.07. The van der Waals surface area contributed by atoms with Crippen LogP contribution in [0.15, 0.2) is 30.3 Å². The van der Waals surface area contributed by atoms with Crippen molar-refractivity contribution in [3.05, 3.63) is 35.9 Å². The second kappa shape index (κ2) is 8.62. The highest BCUT2D eigenvalue weighted by Gasteiger charge is 1.98. The predicted molar refractivity (Wildman–Crippen MR) is 70.8 cm³/mol. The van der Waals surface area contributed by atoms with Gasteiger partial charge in [-0.25, -0.2) is 4.79 Å². The lowest BCUT2D eigenvalue weighted by molar-refractivity contribution is 0.240. The van der Waals surface area contributed by atoms with Gasteiger partial charge in [-0.15, -0.1) is 0 Å². The molecule has 0 radical (unpaired) electrons. The van der Waals surface area contributed by atoms with Crippen LogP contribution in [-0.4, -0.2) is 12.6 Å². The van der Waals surface area contributed by atoms with Crippen molar-refractivity contribution in [1.82, 2.24) is 10.6 Å². The van der Waals surface area contributed by atoms with E-state index in [-0.39, 0.29) is 6.03 Å². The summed E-state index contributed by atoms with van der Waals surface area (Å²) < 4.78 is 0. The van der Waals surface area contributed by atoms with Crippen LogP contribution in [0.2, 0.25) is 0 Å². The third-order valence-electron chi connectivity index (χ3n) is 2.61. The van der Waals surface area contributed by atoms with Gasteiger partial charge in [0.25, 0.3) is 0 Å². The first-order valence-electron chi connectivity index (χ1n) is 6.38. The highest BCUT2D eigenvalue weighted by Crippen LogP contribution is 1.98. The largest absolute Gasteiger partial charge is 0.338 e. The van der Waals surface area contributed by atoms with Crippen molar-refractivity contribution in [3.63, 3.8) is 0 Å². The van der Waals surface area contributed by atoms with E-state index >= 15 is 0 Å². The monoisotopic (exact) mass is 234 g/mol. The van der Waals surface area contributed by atoms with Gasteiger partial charge in [0.05, 0.1) is 0 Å². The molecule has 1 rings (SSSR count). The van der Waals surface area contributed by atoms with Crippen LogP contribution in [0.5, 0.6) is 0 Å². The lowest BCUT2D eigenvalue weighted by atomic mass is 10.2. The third-order valence-corrected chi connectivity index (χ3v) is 2.61. The van der Waals surface area contributed by atoms with Gasteiger partial charge in [0.2, 0.25) is 0 Å². The first-order valence-corrected chi connectivity index (χ1v) is 6.38. The Morgan fingerprint density at radius 1 is 1.06 bits per heavy atom. The molecule has 0 bridgehead atoms. The Kier molecular flexibility index (Phi) is 6.87. The van der Waals surface area contributed by atoms with Crippen LogP contribution in [0.1, 0.15) is 38.2 Å². The second-order valence-electron chi connectivity index (χ2n) is 4.16. The summed E-state index contributed by atoms with van der Waals surface area (Å²) in [6.07, 6.45) is 4.72. The molecule has 0 unspecified atom stereocenters. The molecule has 3 nitrogen and oxygen atoms in total. The maximum atomic E-state index is 11.4. The zero-order chi connectivity index (χ0) is 12.3. The van der Waals surface area contributed by atoms with Gasteiger partial charge in [0.15, 0.2) is 0 Å². The van der Waals surface area contributed by atoms with Gasteiger partial charge in [-0.2, -0.15) is 0 Å². The molecule has 1 aromatic carbocycles. The van der Waals surface area contributed by atoms with E-state index in [0.29, 0.717) is 6.54 Å². The van der Waals surface area contributed by atoms with Crippen LogP contribution in [0.4, 0.5) is 4.79 Å². The molecule has 0 fully saturated rings. The van der Waals surface area contributed by atoms with Crippen molar-refractivity contribution in [2.45, 2.75) is 39.2 Å². The molecule has 17 heavy (non-hydrogen) atoms. The molecule has 0 saturated heterocycles. The Hall–Kier alpha value is -1.51. The van der Waals surface area contributed by atoms with Crippen LogP contribution in [0, 0.1) is 0 Å². The number of hydrogen-bond acceptors (Lipinski definition) is 1. The third kappa shape index (κ3) is 6.61. The Morgan fingerprint density at radius 3 is 2.53 bits per heavy atom. The quantitative estimate of drug-likeness (QED) is 0.699. The summed E-state index contributed by atoms with van der Waals surface area (Å²) >= 11 is 0. The lowest BCUT2D eigenvalue weighted by Gasteiger charge is -2.07. The first kappa shape index (κ1) is 13.6. The molecule has 94 valence electrons. The summed E-state index contributed by atoms with van der Waals surface area (Å²) in [5.41, 5.74) is 1.12. The van der Waals surface area contributed by atoms with Gasteiger partial charge in [-0.1, -0.05) is 56.5 Å². The zero-order valence-corrected chi connectivity index (χ0v) is 10.5. The minimum Gasteiger partial charge on any atom is -0.338 e. The Bertz CT molecular complexity index is 311. The van der Waals surface area contributed by atoms with E-state index < -0.39 is 0 Å². The fourth-order valence-corrected chi connectivity index (χ4v) is 1.59. The van der Waals surface area contributed by atoms with Crippen molar-refractivity contribution in [2.75, 3.05) is 6.54 Å². The van der Waals surface area contributed by atoms with Crippen molar-refractivity contribution >= 4 is 6.03 Å². The molecule has 2 amide bonds. The Labute approximate surface area is 104 Å². The van der Waals surface area contributed by atoms with E-state index in [4.69, 9.17) is 0 Å². The number of urea groups is 1. The van der Waals surface area contributed by atoms with E-state index in [1.807, 2.05) is 30.3 Å². The summed E-state index contributed by atoms with van der Waals surface area (Å²) in [5, 5.41) is 5.70. The normalized spacial score (nSPS) is 9.94. The molecule has 0 aliphatic carbocycles. The van der Waals surface area contributed by atoms with Gasteiger partial charge in [0, 0.05) is 13.1 Å². The molecule has 0 saturated carbocycles. The molecule has 3 heteroatoms. The van der Waals surface area contributed by atoms with Gasteiger partial charge in [-0.05, 0) is 12.0 Å². The van der Waals surface area contributed by atoms with E-state index in [2.05, 4.69) is 17.6 Å². The summed E-state index contributed by atoms with van der Waals surface area (Å²) in [7, 11) is 0. The topological polar surface area (TPSA) is 41.1 Å². The molecular weight excluding hydrogens is 212 g/mol. The van der Waals surface area contributed by atoms with E-state index in [1.165, 1.54) is 19.3 Å². The summed E-state index contributed by atoms with van der Waals surface area (Å²) in [4.78, 5) is 11.4. The molecule has 0 aliphatic heterocycles. The van der Waals surface area contributed by atoms with Crippen molar-refractivity contribution < 1.29 is 4.79 Å². The fraction of sp³-hybridized carbons (Fsp3) is 0.500. The van der Waals surface area contributed by atoms with Crippen LogP contribution < -0.4 is 10.6 Å². The number of nitrogens with one attached hydrogen (secondary N) is 2. The van der Waals surface area contributed by atoms with Crippen molar-refractivity contribution in [3.8, 4) is 0 Å². The van der Waals surface area contributed by atoms with Gasteiger partial charge in [0.1, 0.15) is 0 Å². The minimum absolute atomic E-state index is 0.0784. The fourth-order valence-electron chi connectivity index (χ4n) is 1.59. The van der Waals surface area contributed by atoms with E-state index in [0.717, 1.165) is 18.5 Å². The average Bonchev–Trinajstić information content (AvgIpc) is 2.37. The van der Waals surface area contributed by atoms with E-state index in [1.54, 1.807) is 0 Å². The molecule has 0 atom stereocenters. The van der Waals surface area contributed by atoms with Crippen LogP contribution in [0.25, 0.3) is 0 Å². The second-order valence-corrected chi connectivity index (χ2v) is 4.16.